The Labute approximate surface area is 128 Å². The summed E-state index contributed by atoms with van der Waals surface area (Å²) in [4.78, 5) is 13.5. The minimum atomic E-state index is -0.106. The smallest absolute Gasteiger partial charge is 0.326 e. The SMILES string of the molecule is CSc1ccc(CNC(=O)n2ccc3ccccc32)cc1. The van der Waals surface area contributed by atoms with Gasteiger partial charge >= 0.3 is 6.03 Å². The first-order chi connectivity index (χ1) is 10.3. The van der Waals surface area contributed by atoms with E-state index >= 15 is 0 Å². The highest BCUT2D eigenvalue weighted by Gasteiger charge is 2.07. The van der Waals surface area contributed by atoms with Crippen LogP contribution in [0.5, 0.6) is 0 Å². The molecule has 3 rings (SSSR count). The molecule has 1 aromatic heterocycles. The summed E-state index contributed by atoms with van der Waals surface area (Å²) in [6.07, 6.45) is 3.85. The van der Waals surface area contributed by atoms with E-state index in [0.29, 0.717) is 6.54 Å². The van der Waals surface area contributed by atoms with Crippen LogP contribution in [0.15, 0.2) is 65.7 Å². The monoisotopic (exact) mass is 296 g/mol. The molecular weight excluding hydrogens is 280 g/mol. The van der Waals surface area contributed by atoms with Gasteiger partial charge in [0, 0.05) is 23.0 Å². The summed E-state index contributed by atoms with van der Waals surface area (Å²) in [7, 11) is 0. The van der Waals surface area contributed by atoms with Crippen molar-refractivity contribution in [2.24, 2.45) is 0 Å². The number of aromatic nitrogens is 1. The van der Waals surface area contributed by atoms with Gasteiger partial charge in [-0.2, -0.15) is 0 Å². The zero-order valence-corrected chi connectivity index (χ0v) is 12.6. The van der Waals surface area contributed by atoms with Gasteiger partial charge in [-0.05, 0) is 36.1 Å². The molecule has 0 radical (unpaired) electrons. The Balaban J connectivity index is 1.71. The lowest BCUT2D eigenvalue weighted by atomic mass is 10.2. The van der Waals surface area contributed by atoms with E-state index in [4.69, 9.17) is 0 Å². The van der Waals surface area contributed by atoms with Gasteiger partial charge in [0.15, 0.2) is 0 Å². The Kier molecular flexibility index (Phi) is 3.97. The molecule has 0 bridgehead atoms. The summed E-state index contributed by atoms with van der Waals surface area (Å²) in [5.74, 6) is 0. The second-order valence-corrected chi connectivity index (χ2v) is 5.63. The zero-order chi connectivity index (χ0) is 14.7. The molecule has 2 aromatic carbocycles. The average Bonchev–Trinajstić information content (AvgIpc) is 2.97. The summed E-state index contributed by atoms with van der Waals surface area (Å²) >= 11 is 1.71. The molecule has 1 N–H and O–H groups in total. The van der Waals surface area contributed by atoms with Crippen molar-refractivity contribution in [3.8, 4) is 0 Å². The summed E-state index contributed by atoms with van der Waals surface area (Å²) in [6, 6.07) is 17.9. The van der Waals surface area contributed by atoms with Crippen LogP contribution in [-0.2, 0) is 6.54 Å². The lowest BCUT2D eigenvalue weighted by Crippen LogP contribution is -2.27. The minimum absolute atomic E-state index is 0.106. The number of carbonyl (C=O) groups is 1. The number of nitrogens with one attached hydrogen (secondary N) is 1. The van der Waals surface area contributed by atoms with Crippen LogP contribution < -0.4 is 5.32 Å². The number of hydrogen-bond acceptors (Lipinski definition) is 2. The summed E-state index contributed by atoms with van der Waals surface area (Å²) < 4.78 is 1.64. The first kappa shape index (κ1) is 13.8. The molecule has 21 heavy (non-hydrogen) atoms. The number of fused-ring (bicyclic) bond motifs is 1. The number of hydrogen-bond donors (Lipinski definition) is 1. The molecule has 0 fully saturated rings. The van der Waals surface area contributed by atoms with Gasteiger partial charge in [-0.25, -0.2) is 4.79 Å². The van der Waals surface area contributed by atoms with E-state index in [1.54, 1.807) is 22.5 Å². The van der Waals surface area contributed by atoms with E-state index in [-0.39, 0.29) is 6.03 Å². The van der Waals surface area contributed by atoms with Crippen LogP contribution in [0.25, 0.3) is 10.9 Å². The highest BCUT2D eigenvalue weighted by atomic mass is 32.2. The third kappa shape index (κ3) is 2.95. The quantitative estimate of drug-likeness (QED) is 0.738. The van der Waals surface area contributed by atoms with Gasteiger partial charge < -0.3 is 5.32 Å². The standard InChI is InChI=1S/C17H16N2OS/c1-21-15-8-6-13(7-9-15)12-18-17(20)19-11-10-14-4-2-3-5-16(14)19/h2-11H,12H2,1H3,(H,18,20). The molecule has 0 aliphatic carbocycles. The number of benzene rings is 2. The summed E-state index contributed by atoms with van der Waals surface area (Å²) in [6.45, 7) is 0.528. The number of amides is 1. The van der Waals surface area contributed by atoms with Crippen molar-refractivity contribution < 1.29 is 4.79 Å². The van der Waals surface area contributed by atoms with Crippen LogP contribution in [-0.4, -0.2) is 16.9 Å². The number of carbonyl (C=O) groups excluding carboxylic acids is 1. The molecule has 0 saturated heterocycles. The first-order valence-electron chi connectivity index (χ1n) is 6.75. The van der Waals surface area contributed by atoms with Gasteiger partial charge in [0.25, 0.3) is 0 Å². The maximum absolute atomic E-state index is 12.3. The minimum Gasteiger partial charge on any atom is -0.333 e. The Morgan fingerprint density at radius 3 is 2.62 bits per heavy atom. The molecule has 3 nitrogen and oxygen atoms in total. The van der Waals surface area contributed by atoms with Crippen LogP contribution in [0.1, 0.15) is 5.56 Å². The predicted molar refractivity (Wildman–Crippen MR) is 87.8 cm³/mol. The normalized spacial score (nSPS) is 10.7. The van der Waals surface area contributed by atoms with E-state index in [1.807, 2.05) is 48.7 Å². The van der Waals surface area contributed by atoms with Crippen LogP contribution in [0.3, 0.4) is 0 Å². The third-order valence-electron chi connectivity index (χ3n) is 3.42. The number of rotatable bonds is 3. The van der Waals surface area contributed by atoms with E-state index < -0.39 is 0 Å². The molecular formula is C17H16N2OS. The average molecular weight is 296 g/mol. The molecule has 1 heterocycles. The van der Waals surface area contributed by atoms with Crippen molar-refractivity contribution in [2.75, 3.05) is 6.26 Å². The molecule has 0 saturated carbocycles. The van der Waals surface area contributed by atoms with Crippen molar-refractivity contribution in [3.63, 3.8) is 0 Å². The lowest BCUT2D eigenvalue weighted by molar-refractivity contribution is 0.243. The molecule has 4 heteroatoms. The summed E-state index contributed by atoms with van der Waals surface area (Å²) in [5, 5.41) is 4.01. The molecule has 1 amide bonds. The van der Waals surface area contributed by atoms with Crippen molar-refractivity contribution in [3.05, 3.63) is 66.4 Å². The Morgan fingerprint density at radius 2 is 1.86 bits per heavy atom. The summed E-state index contributed by atoms with van der Waals surface area (Å²) in [5.41, 5.74) is 2.02. The van der Waals surface area contributed by atoms with E-state index in [2.05, 4.69) is 17.4 Å². The molecule has 0 unspecified atom stereocenters. The maximum atomic E-state index is 12.3. The van der Waals surface area contributed by atoms with Crippen molar-refractivity contribution in [1.82, 2.24) is 9.88 Å². The van der Waals surface area contributed by atoms with Crippen molar-refractivity contribution in [1.29, 1.82) is 0 Å². The van der Waals surface area contributed by atoms with Crippen LogP contribution in [0.4, 0.5) is 4.79 Å². The topological polar surface area (TPSA) is 34.0 Å². The number of nitrogens with zero attached hydrogens (tertiary/aromatic N) is 1. The fourth-order valence-corrected chi connectivity index (χ4v) is 2.67. The highest BCUT2D eigenvalue weighted by molar-refractivity contribution is 7.98. The number of thioether (sulfide) groups is 1. The predicted octanol–water partition coefficient (Wildman–Crippen LogP) is 4.12. The fraction of sp³-hybridized carbons (Fsp3) is 0.118. The zero-order valence-electron chi connectivity index (χ0n) is 11.7. The highest BCUT2D eigenvalue weighted by Crippen LogP contribution is 2.16. The van der Waals surface area contributed by atoms with Gasteiger partial charge in [-0.15, -0.1) is 11.8 Å². The second kappa shape index (κ2) is 6.06. The largest absolute Gasteiger partial charge is 0.333 e. The van der Waals surface area contributed by atoms with Gasteiger partial charge in [0.2, 0.25) is 0 Å². The Bertz CT molecular complexity index is 762. The van der Waals surface area contributed by atoms with Gasteiger partial charge in [0.05, 0.1) is 5.52 Å². The third-order valence-corrected chi connectivity index (χ3v) is 4.16. The van der Waals surface area contributed by atoms with Crippen LogP contribution in [0.2, 0.25) is 0 Å². The van der Waals surface area contributed by atoms with E-state index in [0.717, 1.165) is 16.5 Å². The Morgan fingerprint density at radius 1 is 1.10 bits per heavy atom. The van der Waals surface area contributed by atoms with Crippen LogP contribution in [0, 0.1) is 0 Å². The molecule has 106 valence electrons. The van der Waals surface area contributed by atoms with E-state index in [9.17, 15) is 4.79 Å². The molecule has 0 atom stereocenters. The van der Waals surface area contributed by atoms with Crippen molar-refractivity contribution >= 4 is 28.7 Å². The molecule has 0 aliphatic rings. The first-order valence-corrected chi connectivity index (χ1v) is 7.97. The maximum Gasteiger partial charge on any atom is 0.326 e. The second-order valence-electron chi connectivity index (χ2n) is 4.75. The van der Waals surface area contributed by atoms with E-state index in [1.165, 1.54) is 4.90 Å². The van der Waals surface area contributed by atoms with Crippen LogP contribution >= 0.6 is 11.8 Å². The molecule has 0 aliphatic heterocycles. The number of para-hydroxylation sites is 1. The molecule has 3 aromatic rings. The van der Waals surface area contributed by atoms with Gasteiger partial charge in [-0.1, -0.05) is 30.3 Å². The fourth-order valence-electron chi connectivity index (χ4n) is 2.27. The van der Waals surface area contributed by atoms with Gasteiger partial charge in [0.1, 0.15) is 0 Å². The molecule has 0 spiro atoms. The van der Waals surface area contributed by atoms with Crippen molar-refractivity contribution in [2.45, 2.75) is 11.4 Å². The Hall–Kier alpha value is -2.20. The lowest BCUT2D eigenvalue weighted by Gasteiger charge is -2.07. The van der Waals surface area contributed by atoms with Gasteiger partial charge in [-0.3, -0.25) is 4.57 Å².